The van der Waals surface area contributed by atoms with Crippen LogP contribution >= 0.6 is 0 Å². The second kappa shape index (κ2) is 5.56. The molecule has 2 rings (SSSR count). The fourth-order valence-electron chi connectivity index (χ4n) is 1.96. The van der Waals surface area contributed by atoms with Crippen molar-refractivity contribution in [1.29, 1.82) is 0 Å². The average Bonchev–Trinajstić information content (AvgIpc) is 2.48. The highest BCUT2D eigenvalue weighted by atomic mass is 16.5. The van der Waals surface area contributed by atoms with Crippen LogP contribution in [0.3, 0.4) is 0 Å². The Morgan fingerprint density at radius 3 is 2.20 bits per heavy atom. The van der Waals surface area contributed by atoms with Gasteiger partial charge in [0.15, 0.2) is 11.5 Å². The first-order valence-electron chi connectivity index (χ1n) is 5.90. The summed E-state index contributed by atoms with van der Waals surface area (Å²) < 4.78 is 15.9. The highest BCUT2D eigenvalue weighted by Crippen LogP contribution is 2.43. The lowest BCUT2D eigenvalue weighted by atomic mass is 10.1. The minimum absolute atomic E-state index is 0.160. The van der Waals surface area contributed by atoms with Gasteiger partial charge in [-0.05, 0) is 24.3 Å². The minimum Gasteiger partial charge on any atom is -0.493 e. The topological polar surface area (TPSA) is 86.6 Å². The molecule has 106 valence electrons. The van der Waals surface area contributed by atoms with E-state index < -0.39 is 0 Å². The number of aromatic nitrogens is 1. The van der Waals surface area contributed by atoms with Crippen LogP contribution < -0.4 is 25.5 Å². The van der Waals surface area contributed by atoms with Crippen molar-refractivity contribution in [2.45, 2.75) is 0 Å². The largest absolute Gasteiger partial charge is 0.493 e. The molecule has 1 heterocycles. The molecule has 0 aliphatic carbocycles. The summed E-state index contributed by atoms with van der Waals surface area (Å²) in [5.74, 6) is 1.49. The highest BCUT2D eigenvalue weighted by Gasteiger charge is 2.17. The molecule has 2 aromatic rings. The molecule has 0 amide bonds. The Kier molecular flexibility index (Phi) is 3.84. The third-order valence-corrected chi connectivity index (χ3v) is 2.93. The smallest absolute Gasteiger partial charge is 0.271 e. The Balaban J connectivity index is 2.67. The lowest BCUT2D eigenvalue weighted by Crippen LogP contribution is -2.11. The molecule has 3 N–H and O–H groups in total. The average molecular weight is 276 g/mol. The molecule has 0 saturated heterocycles. The Bertz CT molecular complexity index is 679. The molecule has 0 saturated carbocycles. The summed E-state index contributed by atoms with van der Waals surface area (Å²) in [4.78, 5) is 14.3. The monoisotopic (exact) mass is 276 g/mol. The zero-order chi connectivity index (χ0) is 14.7. The van der Waals surface area contributed by atoms with E-state index in [2.05, 4.69) is 4.98 Å². The lowest BCUT2D eigenvalue weighted by molar-refractivity contribution is 0.325. The van der Waals surface area contributed by atoms with Gasteiger partial charge < -0.3 is 24.9 Å². The standard InChI is InChI=1S/C14H16N2O4/c1-18-11-7-4-8(12(19-2)13(11)20-3)10-6-5-9(15)14(17)16-10/h4-7H,15H2,1-3H3,(H,16,17). The second-order valence-corrected chi connectivity index (χ2v) is 4.04. The van der Waals surface area contributed by atoms with Crippen LogP contribution in [-0.2, 0) is 0 Å². The summed E-state index contributed by atoms with van der Waals surface area (Å²) in [6, 6.07) is 6.78. The van der Waals surface area contributed by atoms with Gasteiger partial charge in [-0.2, -0.15) is 0 Å². The number of ether oxygens (including phenoxy) is 3. The Morgan fingerprint density at radius 1 is 0.950 bits per heavy atom. The lowest BCUT2D eigenvalue weighted by Gasteiger charge is -2.15. The number of hydrogen-bond acceptors (Lipinski definition) is 5. The van der Waals surface area contributed by atoms with Gasteiger partial charge in [0.1, 0.15) is 0 Å². The van der Waals surface area contributed by atoms with Crippen LogP contribution in [0.25, 0.3) is 11.3 Å². The summed E-state index contributed by atoms with van der Waals surface area (Å²) in [5, 5.41) is 0. The quantitative estimate of drug-likeness (QED) is 0.886. The van der Waals surface area contributed by atoms with Gasteiger partial charge in [0.05, 0.1) is 32.7 Å². The van der Waals surface area contributed by atoms with E-state index >= 15 is 0 Å². The number of pyridine rings is 1. The number of benzene rings is 1. The predicted molar refractivity (Wildman–Crippen MR) is 76.6 cm³/mol. The third kappa shape index (κ3) is 2.27. The molecule has 6 heteroatoms. The van der Waals surface area contributed by atoms with Crippen molar-refractivity contribution in [1.82, 2.24) is 4.98 Å². The number of nitrogens with two attached hydrogens (primary N) is 1. The SMILES string of the molecule is COc1ccc(-c2ccc(N)c(=O)[nH]2)c(OC)c1OC. The van der Waals surface area contributed by atoms with Gasteiger partial charge in [0.25, 0.3) is 5.56 Å². The van der Waals surface area contributed by atoms with Crippen molar-refractivity contribution in [3.63, 3.8) is 0 Å². The Hall–Kier alpha value is -2.63. The number of anilines is 1. The van der Waals surface area contributed by atoms with Crippen LogP contribution in [0.1, 0.15) is 0 Å². The van der Waals surface area contributed by atoms with Crippen LogP contribution in [-0.4, -0.2) is 26.3 Å². The van der Waals surface area contributed by atoms with Crippen LogP contribution in [0, 0.1) is 0 Å². The molecule has 0 unspecified atom stereocenters. The predicted octanol–water partition coefficient (Wildman–Crippen LogP) is 1.65. The Morgan fingerprint density at radius 2 is 1.65 bits per heavy atom. The number of methoxy groups -OCH3 is 3. The number of hydrogen-bond donors (Lipinski definition) is 2. The van der Waals surface area contributed by atoms with Gasteiger partial charge in [-0.3, -0.25) is 4.79 Å². The van der Waals surface area contributed by atoms with Crippen molar-refractivity contribution in [2.75, 3.05) is 27.1 Å². The zero-order valence-electron chi connectivity index (χ0n) is 11.5. The van der Waals surface area contributed by atoms with Gasteiger partial charge in [0, 0.05) is 5.56 Å². The van der Waals surface area contributed by atoms with Crippen molar-refractivity contribution < 1.29 is 14.2 Å². The van der Waals surface area contributed by atoms with E-state index in [1.54, 1.807) is 31.4 Å². The molecule has 0 spiro atoms. The van der Waals surface area contributed by atoms with Gasteiger partial charge in [-0.15, -0.1) is 0 Å². The van der Waals surface area contributed by atoms with Gasteiger partial charge in [-0.25, -0.2) is 0 Å². The maximum absolute atomic E-state index is 11.6. The van der Waals surface area contributed by atoms with Gasteiger partial charge >= 0.3 is 0 Å². The number of H-pyrrole nitrogens is 1. The molecule has 0 bridgehead atoms. The van der Waals surface area contributed by atoms with Gasteiger partial charge in [-0.1, -0.05) is 0 Å². The van der Waals surface area contributed by atoms with E-state index in [1.807, 2.05) is 0 Å². The van der Waals surface area contributed by atoms with Crippen molar-refractivity contribution in [2.24, 2.45) is 0 Å². The maximum atomic E-state index is 11.6. The van der Waals surface area contributed by atoms with E-state index in [0.29, 0.717) is 28.5 Å². The van der Waals surface area contributed by atoms with E-state index in [-0.39, 0.29) is 11.2 Å². The highest BCUT2D eigenvalue weighted by molar-refractivity contribution is 5.74. The second-order valence-electron chi connectivity index (χ2n) is 4.04. The van der Waals surface area contributed by atoms with E-state index in [9.17, 15) is 4.79 Å². The molecular weight excluding hydrogens is 260 g/mol. The number of rotatable bonds is 4. The molecule has 1 aromatic carbocycles. The van der Waals surface area contributed by atoms with E-state index in [4.69, 9.17) is 19.9 Å². The fraction of sp³-hybridized carbons (Fsp3) is 0.214. The van der Waals surface area contributed by atoms with Gasteiger partial charge in [0.2, 0.25) is 5.75 Å². The molecule has 0 radical (unpaired) electrons. The first-order chi connectivity index (χ1) is 9.62. The van der Waals surface area contributed by atoms with E-state index in [0.717, 1.165) is 0 Å². The molecule has 1 aromatic heterocycles. The van der Waals surface area contributed by atoms with Crippen LogP contribution in [0.15, 0.2) is 29.1 Å². The van der Waals surface area contributed by atoms with E-state index in [1.165, 1.54) is 14.2 Å². The molecular formula is C14H16N2O4. The zero-order valence-corrected chi connectivity index (χ0v) is 11.5. The molecule has 0 aliphatic heterocycles. The summed E-state index contributed by atoms with van der Waals surface area (Å²) in [7, 11) is 4.59. The summed E-state index contributed by atoms with van der Waals surface area (Å²) in [6.07, 6.45) is 0. The maximum Gasteiger partial charge on any atom is 0.271 e. The molecule has 0 aliphatic rings. The molecule has 6 nitrogen and oxygen atoms in total. The molecule has 0 atom stereocenters. The molecule has 0 fully saturated rings. The first kappa shape index (κ1) is 13.8. The minimum atomic E-state index is -0.348. The number of nitrogen functional groups attached to an aromatic ring is 1. The van der Waals surface area contributed by atoms with Crippen LogP contribution in [0.2, 0.25) is 0 Å². The van der Waals surface area contributed by atoms with Crippen LogP contribution in [0.5, 0.6) is 17.2 Å². The fourth-order valence-corrected chi connectivity index (χ4v) is 1.96. The number of nitrogens with one attached hydrogen (secondary N) is 1. The number of aromatic amines is 1. The third-order valence-electron chi connectivity index (χ3n) is 2.93. The first-order valence-corrected chi connectivity index (χ1v) is 5.90. The summed E-state index contributed by atoms with van der Waals surface area (Å²) in [6.45, 7) is 0. The molecule has 20 heavy (non-hydrogen) atoms. The Labute approximate surface area is 116 Å². The van der Waals surface area contributed by atoms with Crippen molar-refractivity contribution >= 4 is 5.69 Å². The van der Waals surface area contributed by atoms with Crippen LogP contribution in [0.4, 0.5) is 5.69 Å². The summed E-state index contributed by atoms with van der Waals surface area (Å²) >= 11 is 0. The van der Waals surface area contributed by atoms with Crippen molar-refractivity contribution in [3.05, 3.63) is 34.6 Å². The summed E-state index contributed by atoms with van der Waals surface area (Å²) in [5.41, 5.74) is 6.60. The van der Waals surface area contributed by atoms with Crippen molar-refractivity contribution in [3.8, 4) is 28.5 Å². The normalized spacial score (nSPS) is 10.2.